The molecule has 0 aromatic heterocycles. The molecule has 0 saturated carbocycles. The number of hydrogen-bond donors (Lipinski definition) is 2. The number of amides is 1. The lowest BCUT2D eigenvalue weighted by atomic mass is 9.77. The normalized spacial score (nSPS) is 16.2. The Morgan fingerprint density at radius 3 is 2.62 bits per heavy atom. The van der Waals surface area contributed by atoms with E-state index in [0.29, 0.717) is 24.5 Å². The first kappa shape index (κ1) is 24.7. The van der Waals surface area contributed by atoms with Crippen LogP contribution in [0.5, 0.6) is 11.5 Å². The van der Waals surface area contributed by atoms with E-state index in [-0.39, 0.29) is 24.3 Å². The van der Waals surface area contributed by atoms with Gasteiger partial charge in [-0.2, -0.15) is 0 Å². The maximum atomic E-state index is 13.3. The summed E-state index contributed by atoms with van der Waals surface area (Å²) in [4.78, 5) is 25.6. The number of carbonyl (C=O) groups is 2. The van der Waals surface area contributed by atoms with Gasteiger partial charge in [-0.1, -0.05) is 72.8 Å². The molecule has 196 valence electrons. The third kappa shape index (κ3) is 4.86. The molecular formula is C33H30N2O4. The van der Waals surface area contributed by atoms with E-state index in [9.17, 15) is 9.59 Å². The number of carbonyl (C=O) groups excluding carboxylic acids is 2. The van der Waals surface area contributed by atoms with E-state index in [1.54, 1.807) is 7.11 Å². The Hall–Kier alpha value is -4.58. The van der Waals surface area contributed by atoms with Crippen molar-refractivity contribution in [2.45, 2.75) is 31.8 Å². The van der Waals surface area contributed by atoms with Crippen LogP contribution in [0.4, 0.5) is 5.69 Å². The number of anilines is 1. The summed E-state index contributed by atoms with van der Waals surface area (Å²) in [6, 6.07) is 27.7. The number of allylic oxidation sites excluding steroid dienone is 1. The lowest BCUT2D eigenvalue weighted by Crippen LogP contribution is -2.28. The predicted octanol–water partition coefficient (Wildman–Crippen LogP) is 6.22. The SMILES string of the molecule is COc1cc(C2Nc3c(ccc4ccccc34)C3=C2C(=O)CCC3)ccc1OCC(=O)NCc1ccccc1. The second-order valence-corrected chi connectivity index (χ2v) is 9.92. The molecule has 2 N–H and O–H groups in total. The average molecular weight is 519 g/mol. The molecule has 0 radical (unpaired) electrons. The number of methoxy groups -OCH3 is 1. The van der Waals surface area contributed by atoms with Crippen molar-refractivity contribution in [3.63, 3.8) is 0 Å². The lowest BCUT2D eigenvalue weighted by molar-refractivity contribution is -0.123. The molecule has 0 fully saturated rings. The second kappa shape index (κ2) is 10.7. The van der Waals surface area contributed by atoms with Crippen molar-refractivity contribution in [2.75, 3.05) is 19.0 Å². The van der Waals surface area contributed by atoms with E-state index in [0.717, 1.165) is 57.1 Å². The first-order valence-corrected chi connectivity index (χ1v) is 13.3. The highest BCUT2D eigenvalue weighted by atomic mass is 16.5. The van der Waals surface area contributed by atoms with Crippen molar-refractivity contribution in [2.24, 2.45) is 0 Å². The Morgan fingerprint density at radius 2 is 1.77 bits per heavy atom. The Bertz CT molecular complexity index is 1590. The quantitative estimate of drug-likeness (QED) is 0.304. The van der Waals surface area contributed by atoms with Gasteiger partial charge in [-0.3, -0.25) is 9.59 Å². The lowest BCUT2D eigenvalue weighted by Gasteiger charge is -2.35. The topological polar surface area (TPSA) is 76.7 Å². The van der Waals surface area contributed by atoms with Crippen LogP contribution in [-0.4, -0.2) is 25.4 Å². The molecule has 4 aromatic carbocycles. The summed E-state index contributed by atoms with van der Waals surface area (Å²) in [6.07, 6.45) is 2.29. The molecule has 1 unspecified atom stereocenters. The van der Waals surface area contributed by atoms with Crippen molar-refractivity contribution >= 4 is 33.7 Å². The molecule has 1 heterocycles. The molecule has 0 spiro atoms. The highest BCUT2D eigenvalue weighted by molar-refractivity contribution is 6.11. The summed E-state index contributed by atoms with van der Waals surface area (Å²) in [7, 11) is 1.58. The smallest absolute Gasteiger partial charge is 0.258 e. The fourth-order valence-corrected chi connectivity index (χ4v) is 5.60. The van der Waals surface area contributed by atoms with Crippen LogP contribution in [0, 0.1) is 0 Å². The number of fused-ring (bicyclic) bond motifs is 4. The molecule has 39 heavy (non-hydrogen) atoms. The van der Waals surface area contributed by atoms with Gasteiger partial charge >= 0.3 is 0 Å². The molecule has 1 amide bonds. The van der Waals surface area contributed by atoms with Crippen molar-refractivity contribution in [1.82, 2.24) is 5.32 Å². The Kier molecular flexibility index (Phi) is 6.76. The zero-order valence-corrected chi connectivity index (χ0v) is 21.8. The Labute approximate surface area is 227 Å². The molecule has 1 atom stereocenters. The highest BCUT2D eigenvalue weighted by Crippen LogP contribution is 2.48. The summed E-state index contributed by atoms with van der Waals surface area (Å²) >= 11 is 0. The molecule has 6 rings (SSSR count). The number of ether oxygens (including phenoxy) is 2. The highest BCUT2D eigenvalue weighted by Gasteiger charge is 2.35. The molecule has 1 aliphatic heterocycles. The van der Waals surface area contributed by atoms with Crippen LogP contribution >= 0.6 is 0 Å². The van der Waals surface area contributed by atoms with Crippen LogP contribution < -0.4 is 20.1 Å². The largest absolute Gasteiger partial charge is 0.493 e. The van der Waals surface area contributed by atoms with Crippen molar-refractivity contribution in [1.29, 1.82) is 0 Å². The fourth-order valence-electron chi connectivity index (χ4n) is 5.60. The maximum absolute atomic E-state index is 13.3. The van der Waals surface area contributed by atoms with Crippen LogP contribution in [0.2, 0.25) is 0 Å². The van der Waals surface area contributed by atoms with Crippen LogP contribution in [0.25, 0.3) is 16.3 Å². The van der Waals surface area contributed by atoms with E-state index < -0.39 is 0 Å². The molecule has 4 aromatic rings. The zero-order chi connectivity index (χ0) is 26.8. The number of hydrogen-bond acceptors (Lipinski definition) is 5. The monoisotopic (exact) mass is 518 g/mol. The molecule has 0 bridgehead atoms. The van der Waals surface area contributed by atoms with Crippen molar-refractivity contribution in [3.8, 4) is 11.5 Å². The van der Waals surface area contributed by atoms with Gasteiger partial charge < -0.3 is 20.1 Å². The third-order valence-electron chi connectivity index (χ3n) is 7.50. The summed E-state index contributed by atoms with van der Waals surface area (Å²) in [5.74, 6) is 0.952. The first-order valence-electron chi connectivity index (χ1n) is 13.3. The second-order valence-electron chi connectivity index (χ2n) is 9.92. The van der Waals surface area contributed by atoms with E-state index in [2.05, 4.69) is 34.9 Å². The van der Waals surface area contributed by atoms with E-state index >= 15 is 0 Å². The average Bonchev–Trinajstić information content (AvgIpc) is 2.99. The number of ketones is 1. The number of rotatable bonds is 7. The number of Topliss-reactive ketones (excluding diaryl/α,β-unsaturated/α-hetero) is 1. The fraction of sp³-hybridized carbons (Fsp3) is 0.212. The van der Waals surface area contributed by atoms with Gasteiger partial charge in [0.15, 0.2) is 23.9 Å². The van der Waals surface area contributed by atoms with Crippen LogP contribution in [0.1, 0.15) is 42.0 Å². The summed E-state index contributed by atoms with van der Waals surface area (Å²) in [6.45, 7) is 0.311. The van der Waals surface area contributed by atoms with Gasteiger partial charge in [0.25, 0.3) is 5.91 Å². The maximum Gasteiger partial charge on any atom is 0.258 e. The van der Waals surface area contributed by atoms with Gasteiger partial charge in [-0.05, 0) is 47.1 Å². The van der Waals surface area contributed by atoms with Crippen molar-refractivity contribution < 1.29 is 19.1 Å². The van der Waals surface area contributed by atoms with Gasteiger partial charge in [0, 0.05) is 29.5 Å². The Morgan fingerprint density at radius 1 is 0.949 bits per heavy atom. The molecule has 6 heteroatoms. The minimum atomic E-state index is -0.303. The minimum absolute atomic E-state index is 0.128. The van der Waals surface area contributed by atoms with Crippen LogP contribution in [-0.2, 0) is 16.1 Å². The molecule has 6 nitrogen and oxygen atoms in total. The van der Waals surface area contributed by atoms with E-state index in [1.807, 2.05) is 60.7 Å². The summed E-state index contributed by atoms with van der Waals surface area (Å²) < 4.78 is 11.5. The van der Waals surface area contributed by atoms with Crippen LogP contribution in [0.3, 0.4) is 0 Å². The summed E-state index contributed by atoms with van der Waals surface area (Å²) in [5, 5.41) is 8.86. The molecule has 0 saturated heterocycles. The van der Waals surface area contributed by atoms with Gasteiger partial charge in [0.1, 0.15) is 0 Å². The van der Waals surface area contributed by atoms with E-state index in [4.69, 9.17) is 9.47 Å². The minimum Gasteiger partial charge on any atom is -0.493 e. The van der Waals surface area contributed by atoms with Crippen LogP contribution in [0.15, 0.2) is 90.5 Å². The number of nitrogens with one attached hydrogen (secondary N) is 2. The van der Waals surface area contributed by atoms with Crippen molar-refractivity contribution in [3.05, 3.63) is 107 Å². The van der Waals surface area contributed by atoms with E-state index in [1.165, 1.54) is 0 Å². The van der Waals surface area contributed by atoms with Gasteiger partial charge in [-0.15, -0.1) is 0 Å². The zero-order valence-electron chi connectivity index (χ0n) is 21.8. The van der Waals surface area contributed by atoms with Gasteiger partial charge in [0.2, 0.25) is 0 Å². The standard InChI is InChI=1S/C33H30N2O4/c1-38-29-18-23(15-17-28(29)39-20-30(37)34-19-21-8-3-2-4-9-21)32-31-25(12-7-13-27(31)36)26-16-14-22-10-5-6-11-24(22)33(26)35-32/h2-6,8-11,14-18,32,35H,7,12-13,19-20H2,1H3,(H,34,37). The predicted molar refractivity (Wildman–Crippen MR) is 153 cm³/mol. The van der Waals surface area contributed by atoms with Gasteiger partial charge in [0.05, 0.1) is 18.8 Å². The Balaban J connectivity index is 1.27. The van der Waals surface area contributed by atoms with Gasteiger partial charge in [-0.25, -0.2) is 0 Å². The molecular weight excluding hydrogens is 488 g/mol. The summed E-state index contributed by atoms with van der Waals surface area (Å²) in [5.41, 5.74) is 6.06. The molecule has 1 aliphatic carbocycles. The number of benzene rings is 4. The molecule has 2 aliphatic rings. The third-order valence-corrected chi connectivity index (χ3v) is 7.50. The first-order chi connectivity index (χ1) is 19.1.